The van der Waals surface area contributed by atoms with E-state index in [-0.39, 0.29) is 11.4 Å². The molecule has 3 aromatic carbocycles. The van der Waals surface area contributed by atoms with E-state index in [0.29, 0.717) is 23.1 Å². The minimum absolute atomic E-state index is 0.238. The van der Waals surface area contributed by atoms with Gasteiger partial charge >= 0.3 is 0 Å². The summed E-state index contributed by atoms with van der Waals surface area (Å²) in [5.74, 6) is -1.06. The van der Waals surface area contributed by atoms with Crippen molar-refractivity contribution in [2.45, 2.75) is 97.3 Å². The summed E-state index contributed by atoms with van der Waals surface area (Å²) in [4.78, 5) is 0. The molecule has 0 saturated heterocycles. The predicted molar refractivity (Wildman–Crippen MR) is 159 cm³/mol. The monoisotopic (exact) mass is 532 g/mol. The molecular formula is C36H43F3. The number of unbranched alkanes of at least 4 members (excludes halogenated alkanes) is 6. The van der Waals surface area contributed by atoms with Crippen molar-refractivity contribution < 1.29 is 13.2 Å². The lowest BCUT2D eigenvalue weighted by Gasteiger charge is -2.22. The molecule has 0 fully saturated rings. The van der Waals surface area contributed by atoms with Crippen molar-refractivity contribution in [3.8, 4) is 22.3 Å². The summed E-state index contributed by atoms with van der Waals surface area (Å²) in [6.45, 7) is 4.40. The third kappa shape index (κ3) is 7.65. The first-order valence-electron chi connectivity index (χ1n) is 15.1. The van der Waals surface area contributed by atoms with Gasteiger partial charge in [0.15, 0.2) is 11.6 Å². The Kier molecular flexibility index (Phi) is 10.9. The zero-order valence-electron chi connectivity index (χ0n) is 23.7. The number of hydrogen-bond donors (Lipinski definition) is 0. The molecule has 208 valence electrons. The Bertz CT molecular complexity index is 1240. The van der Waals surface area contributed by atoms with E-state index in [2.05, 4.69) is 19.9 Å². The van der Waals surface area contributed by atoms with Gasteiger partial charge in [-0.25, -0.2) is 13.2 Å². The van der Waals surface area contributed by atoms with Crippen molar-refractivity contribution in [1.29, 1.82) is 0 Å². The van der Waals surface area contributed by atoms with E-state index in [9.17, 15) is 8.78 Å². The Labute approximate surface area is 233 Å². The molecule has 3 heteroatoms. The molecule has 0 N–H and O–H groups in total. The van der Waals surface area contributed by atoms with Gasteiger partial charge in [0.25, 0.3) is 0 Å². The first-order chi connectivity index (χ1) is 19.0. The molecule has 4 rings (SSSR count). The molecular weight excluding hydrogens is 489 g/mol. The van der Waals surface area contributed by atoms with E-state index in [0.717, 1.165) is 55.6 Å². The van der Waals surface area contributed by atoms with Crippen LogP contribution in [0, 0.1) is 23.4 Å². The second-order valence-corrected chi connectivity index (χ2v) is 11.2. The van der Waals surface area contributed by atoms with Gasteiger partial charge in [0, 0.05) is 11.1 Å². The lowest BCUT2D eigenvalue weighted by atomic mass is 9.83. The predicted octanol–water partition coefficient (Wildman–Crippen LogP) is 11.7. The average molecular weight is 533 g/mol. The zero-order chi connectivity index (χ0) is 27.6. The van der Waals surface area contributed by atoms with Gasteiger partial charge < -0.3 is 0 Å². The molecule has 39 heavy (non-hydrogen) atoms. The number of hydrogen-bond acceptors (Lipinski definition) is 0. The van der Waals surface area contributed by atoms with Crippen LogP contribution in [0.4, 0.5) is 13.2 Å². The van der Waals surface area contributed by atoms with Crippen LogP contribution in [-0.4, -0.2) is 0 Å². The zero-order valence-corrected chi connectivity index (χ0v) is 23.7. The first kappa shape index (κ1) is 29.2. The molecule has 0 nitrogen and oxygen atoms in total. The van der Waals surface area contributed by atoms with Crippen LogP contribution < -0.4 is 0 Å². The number of benzene rings is 3. The molecule has 1 aliphatic rings. The van der Waals surface area contributed by atoms with Crippen LogP contribution in [0.1, 0.15) is 102 Å². The maximum Gasteiger partial charge on any atom is 0.166 e. The molecule has 0 heterocycles. The minimum atomic E-state index is -0.808. The Hall–Kier alpha value is -2.81. The fourth-order valence-electron chi connectivity index (χ4n) is 5.80. The lowest BCUT2D eigenvalue weighted by molar-refractivity contribution is 0.428. The van der Waals surface area contributed by atoms with Gasteiger partial charge in [-0.15, -0.1) is 0 Å². The highest BCUT2D eigenvalue weighted by atomic mass is 19.2. The van der Waals surface area contributed by atoms with Crippen LogP contribution in [0.2, 0.25) is 0 Å². The van der Waals surface area contributed by atoms with Crippen molar-refractivity contribution in [2.24, 2.45) is 5.92 Å². The van der Waals surface area contributed by atoms with Gasteiger partial charge in [-0.3, -0.25) is 0 Å². The molecule has 0 saturated carbocycles. The van der Waals surface area contributed by atoms with Crippen LogP contribution in [0.25, 0.3) is 27.8 Å². The van der Waals surface area contributed by atoms with E-state index in [1.165, 1.54) is 44.1 Å². The summed E-state index contributed by atoms with van der Waals surface area (Å²) in [6, 6.07) is 15.9. The molecule has 0 amide bonds. The fraction of sp³-hybridized carbons (Fsp3) is 0.444. The highest BCUT2D eigenvalue weighted by Crippen LogP contribution is 2.35. The summed E-state index contributed by atoms with van der Waals surface area (Å²) < 4.78 is 44.9. The largest absolute Gasteiger partial charge is 0.206 e. The third-order valence-electron chi connectivity index (χ3n) is 8.29. The van der Waals surface area contributed by atoms with E-state index in [4.69, 9.17) is 0 Å². The number of aryl methyl sites for hydroxylation is 1. The first-order valence-corrected chi connectivity index (χ1v) is 15.1. The molecule has 0 radical (unpaired) electrons. The van der Waals surface area contributed by atoms with Crippen LogP contribution in [-0.2, 0) is 6.42 Å². The summed E-state index contributed by atoms with van der Waals surface area (Å²) in [6.07, 6.45) is 16.6. The highest BCUT2D eigenvalue weighted by Gasteiger charge is 2.18. The number of allylic oxidation sites excluding steroid dienone is 2. The second-order valence-electron chi connectivity index (χ2n) is 11.2. The summed E-state index contributed by atoms with van der Waals surface area (Å²) in [7, 11) is 0. The van der Waals surface area contributed by atoms with Crippen molar-refractivity contribution >= 4 is 5.57 Å². The lowest BCUT2D eigenvalue weighted by Crippen LogP contribution is -2.05. The maximum atomic E-state index is 15.2. The molecule has 0 spiro atoms. The average Bonchev–Trinajstić information content (AvgIpc) is 2.96. The topological polar surface area (TPSA) is 0 Å². The smallest absolute Gasteiger partial charge is 0.166 e. The SMILES string of the molecule is CCCCCCCc1ccc(-c2ccc(-c3ccc(C4=CCC(CCCCC)CC4)cc3F)cc2)c(F)c1F. The second kappa shape index (κ2) is 14.5. The van der Waals surface area contributed by atoms with Crippen molar-refractivity contribution in [2.75, 3.05) is 0 Å². The molecule has 0 bridgehead atoms. The molecule has 1 unspecified atom stereocenters. The highest BCUT2D eigenvalue weighted by molar-refractivity contribution is 5.74. The van der Waals surface area contributed by atoms with Gasteiger partial charge in [-0.05, 0) is 71.9 Å². The van der Waals surface area contributed by atoms with Crippen LogP contribution in [0.3, 0.4) is 0 Å². The quantitative estimate of drug-likeness (QED) is 0.192. The Balaban J connectivity index is 1.42. The minimum Gasteiger partial charge on any atom is -0.206 e. The van der Waals surface area contributed by atoms with E-state index < -0.39 is 11.6 Å². The number of rotatable bonds is 13. The Morgan fingerprint density at radius 1 is 0.667 bits per heavy atom. The fourth-order valence-corrected chi connectivity index (χ4v) is 5.80. The summed E-state index contributed by atoms with van der Waals surface area (Å²) >= 11 is 0. The molecule has 3 aromatic rings. The van der Waals surface area contributed by atoms with E-state index >= 15 is 4.39 Å². The molecule has 0 aromatic heterocycles. The number of halogens is 3. The van der Waals surface area contributed by atoms with Gasteiger partial charge in [-0.1, -0.05) is 120 Å². The van der Waals surface area contributed by atoms with Crippen molar-refractivity contribution in [3.63, 3.8) is 0 Å². The standard InChI is InChI=1S/C36H43F3/c1-3-5-7-8-10-12-30-21-24-33(36(39)35(30)38)29-19-17-28(18-20-29)32-23-22-31(25-34(32)37)27-15-13-26(14-16-27)11-9-6-4-2/h15,17-26H,3-14,16H2,1-2H3. The van der Waals surface area contributed by atoms with Crippen LogP contribution in [0.15, 0.2) is 60.7 Å². The van der Waals surface area contributed by atoms with Gasteiger partial charge in [0.1, 0.15) is 5.82 Å². The molecule has 1 aliphatic carbocycles. The van der Waals surface area contributed by atoms with Gasteiger partial charge in [0.05, 0.1) is 0 Å². The third-order valence-corrected chi connectivity index (χ3v) is 8.29. The normalized spacial score (nSPS) is 15.4. The molecule has 1 atom stereocenters. The van der Waals surface area contributed by atoms with Gasteiger partial charge in [-0.2, -0.15) is 0 Å². The van der Waals surface area contributed by atoms with Crippen LogP contribution >= 0.6 is 0 Å². The van der Waals surface area contributed by atoms with Crippen molar-refractivity contribution in [1.82, 2.24) is 0 Å². The molecule has 0 aliphatic heterocycles. The summed E-state index contributed by atoms with van der Waals surface area (Å²) in [5.41, 5.74) is 4.70. The van der Waals surface area contributed by atoms with Crippen molar-refractivity contribution in [3.05, 3.63) is 89.3 Å². The Morgan fingerprint density at radius 3 is 1.97 bits per heavy atom. The summed E-state index contributed by atoms with van der Waals surface area (Å²) in [5, 5.41) is 0. The van der Waals surface area contributed by atoms with E-state index in [1.807, 2.05) is 12.1 Å². The van der Waals surface area contributed by atoms with Crippen LogP contribution in [0.5, 0.6) is 0 Å². The maximum absolute atomic E-state index is 15.2. The Morgan fingerprint density at radius 2 is 1.31 bits per heavy atom. The van der Waals surface area contributed by atoms with E-state index in [1.54, 1.807) is 42.5 Å². The van der Waals surface area contributed by atoms with Gasteiger partial charge in [0.2, 0.25) is 0 Å².